The summed E-state index contributed by atoms with van der Waals surface area (Å²) < 4.78 is 0. The van der Waals surface area contributed by atoms with Gasteiger partial charge in [0.1, 0.15) is 0 Å². The average molecular weight is 238 g/mol. The van der Waals surface area contributed by atoms with Crippen molar-refractivity contribution in [3.05, 3.63) is 29.8 Å². The van der Waals surface area contributed by atoms with E-state index in [2.05, 4.69) is 5.32 Å². The summed E-state index contributed by atoms with van der Waals surface area (Å²) in [5, 5.41) is 3.03. The standard InChI is InChI=1S/C12H18N2OS/c1-13-8-9-14(2)12(15)10-6-4-5-7-11(10)16-3/h4-7,13H,8-9H2,1-3H3. The Balaban J connectivity index is 2.79. The van der Waals surface area contributed by atoms with Crippen LogP contribution in [0, 0.1) is 0 Å². The number of hydrogen-bond donors (Lipinski definition) is 1. The van der Waals surface area contributed by atoms with Crippen LogP contribution in [0.25, 0.3) is 0 Å². The molecule has 0 aliphatic carbocycles. The van der Waals surface area contributed by atoms with Gasteiger partial charge in [0.15, 0.2) is 0 Å². The van der Waals surface area contributed by atoms with Gasteiger partial charge in [0, 0.05) is 25.0 Å². The summed E-state index contributed by atoms with van der Waals surface area (Å²) in [5.74, 6) is 0.0835. The fraction of sp³-hybridized carbons (Fsp3) is 0.417. The van der Waals surface area contributed by atoms with Crippen LogP contribution in [0.2, 0.25) is 0 Å². The van der Waals surface area contributed by atoms with Gasteiger partial charge in [-0.3, -0.25) is 4.79 Å². The van der Waals surface area contributed by atoms with Crippen molar-refractivity contribution in [2.24, 2.45) is 0 Å². The first-order valence-electron chi connectivity index (χ1n) is 5.23. The van der Waals surface area contributed by atoms with Crippen LogP contribution >= 0.6 is 11.8 Å². The number of amides is 1. The lowest BCUT2D eigenvalue weighted by atomic mass is 10.2. The molecule has 0 saturated heterocycles. The van der Waals surface area contributed by atoms with Crippen molar-refractivity contribution in [1.29, 1.82) is 0 Å². The third-order valence-electron chi connectivity index (χ3n) is 2.38. The van der Waals surface area contributed by atoms with Crippen LogP contribution in [0.15, 0.2) is 29.2 Å². The molecule has 0 atom stereocenters. The zero-order valence-electron chi connectivity index (χ0n) is 9.99. The maximum atomic E-state index is 12.1. The first kappa shape index (κ1) is 13.1. The minimum Gasteiger partial charge on any atom is -0.340 e. The van der Waals surface area contributed by atoms with Crippen molar-refractivity contribution < 1.29 is 4.79 Å². The fourth-order valence-corrected chi connectivity index (χ4v) is 2.00. The highest BCUT2D eigenvalue weighted by Gasteiger charge is 2.14. The topological polar surface area (TPSA) is 32.3 Å². The number of thioether (sulfide) groups is 1. The van der Waals surface area contributed by atoms with Gasteiger partial charge < -0.3 is 10.2 Å². The summed E-state index contributed by atoms with van der Waals surface area (Å²) in [6.07, 6.45) is 1.99. The van der Waals surface area contributed by atoms with Gasteiger partial charge in [-0.15, -0.1) is 11.8 Å². The van der Waals surface area contributed by atoms with E-state index in [-0.39, 0.29) is 5.91 Å². The van der Waals surface area contributed by atoms with Crippen LogP contribution in [0.4, 0.5) is 0 Å². The summed E-state index contributed by atoms with van der Waals surface area (Å²) >= 11 is 1.60. The minimum absolute atomic E-state index is 0.0835. The van der Waals surface area contributed by atoms with Crippen LogP contribution in [0.3, 0.4) is 0 Å². The molecule has 1 aromatic carbocycles. The number of nitrogens with zero attached hydrogens (tertiary/aromatic N) is 1. The molecule has 0 bridgehead atoms. The first-order chi connectivity index (χ1) is 7.70. The molecule has 1 N–H and O–H groups in total. The molecule has 0 aliphatic rings. The molecule has 88 valence electrons. The fourth-order valence-electron chi connectivity index (χ4n) is 1.41. The summed E-state index contributed by atoms with van der Waals surface area (Å²) in [6.45, 7) is 1.53. The molecule has 1 rings (SSSR count). The predicted molar refractivity (Wildman–Crippen MR) is 69.1 cm³/mol. The molecule has 0 unspecified atom stereocenters. The molecule has 0 aliphatic heterocycles. The molecule has 3 nitrogen and oxygen atoms in total. The van der Waals surface area contributed by atoms with E-state index in [1.165, 1.54) is 0 Å². The molecule has 0 aromatic heterocycles. The molecule has 16 heavy (non-hydrogen) atoms. The third-order valence-corrected chi connectivity index (χ3v) is 3.18. The van der Waals surface area contributed by atoms with Crippen molar-refractivity contribution in [3.63, 3.8) is 0 Å². The number of nitrogens with one attached hydrogen (secondary N) is 1. The second-order valence-corrected chi connectivity index (χ2v) is 4.38. The maximum Gasteiger partial charge on any atom is 0.254 e. The molecule has 1 amide bonds. The van der Waals surface area contributed by atoms with Crippen LogP contribution in [-0.4, -0.2) is 44.2 Å². The van der Waals surface area contributed by atoms with E-state index in [9.17, 15) is 4.79 Å². The summed E-state index contributed by atoms with van der Waals surface area (Å²) in [5.41, 5.74) is 0.786. The molecule has 0 saturated carbocycles. The zero-order valence-corrected chi connectivity index (χ0v) is 10.8. The van der Waals surface area contributed by atoms with Crippen LogP contribution < -0.4 is 5.32 Å². The first-order valence-corrected chi connectivity index (χ1v) is 6.46. The number of likely N-dealkylation sites (N-methyl/N-ethyl adjacent to an activating group) is 2. The number of benzene rings is 1. The van der Waals surface area contributed by atoms with Gasteiger partial charge in [0.25, 0.3) is 5.91 Å². The van der Waals surface area contributed by atoms with E-state index < -0.39 is 0 Å². The van der Waals surface area contributed by atoms with Crippen molar-refractivity contribution >= 4 is 17.7 Å². The van der Waals surface area contributed by atoms with Gasteiger partial charge in [-0.1, -0.05) is 12.1 Å². The van der Waals surface area contributed by atoms with Gasteiger partial charge in [0.05, 0.1) is 5.56 Å². The van der Waals surface area contributed by atoms with Crippen molar-refractivity contribution in [2.45, 2.75) is 4.90 Å². The Morgan fingerprint density at radius 2 is 2.12 bits per heavy atom. The highest BCUT2D eigenvalue weighted by molar-refractivity contribution is 7.98. The van der Waals surface area contributed by atoms with Crippen LogP contribution in [0.1, 0.15) is 10.4 Å². The molecule has 1 aromatic rings. The Morgan fingerprint density at radius 3 is 2.75 bits per heavy atom. The second kappa shape index (κ2) is 6.55. The van der Waals surface area contributed by atoms with Crippen LogP contribution in [-0.2, 0) is 0 Å². The van der Waals surface area contributed by atoms with Gasteiger partial charge in [0.2, 0.25) is 0 Å². The number of hydrogen-bond acceptors (Lipinski definition) is 3. The molecular formula is C12H18N2OS. The summed E-state index contributed by atoms with van der Waals surface area (Å²) in [6, 6.07) is 7.71. The highest BCUT2D eigenvalue weighted by atomic mass is 32.2. The van der Waals surface area contributed by atoms with Crippen molar-refractivity contribution in [2.75, 3.05) is 33.4 Å². The number of rotatable bonds is 5. The van der Waals surface area contributed by atoms with E-state index in [4.69, 9.17) is 0 Å². The quantitative estimate of drug-likeness (QED) is 0.792. The Labute approximate surface area is 101 Å². The highest BCUT2D eigenvalue weighted by Crippen LogP contribution is 2.20. The Hall–Kier alpha value is -1.00. The van der Waals surface area contributed by atoms with Gasteiger partial charge >= 0.3 is 0 Å². The summed E-state index contributed by atoms with van der Waals surface area (Å²) in [4.78, 5) is 14.9. The predicted octanol–water partition coefficient (Wildman–Crippen LogP) is 1.70. The Bertz CT molecular complexity index is 355. The largest absolute Gasteiger partial charge is 0.340 e. The summed E-state index contributed by atoms with van der Waals surface area (Å²) in [7, 11) is 3.71. The van der Waals surface area contributed by atoms with E-state index in [0.717, 1.165) is 23.5 Å². The minimum atomic E-state index is 0.0835. The Kier molecular flexibility index (Phi) is 5.35. The maximum absolute atomic E-state index is 12.1. The van der Waals surface area contributed by atoms with Crippen molar-refractivity contribution in [1.82, 2.24) is 10.2 Å². The molecule has 0 spiro atoms. The number of carbonyl (C=O) groups excluding carboxylic acids is 1. The zero-order chi connectivity index (χ0) is 12.0. The second-order valence-electron chi connectivity index (χ2n) is 3.53. The van der Waals surface area contributed by atoms with E-state index in [1.807, 2.05) is 44.6 Å². The van der Waals surface area contributed by atoms with Crippen molar-refractivity contribution in [3.8, 4) is 0 Å². The van der Waals surface area contributed by atoms with Gasteiger partial charge in [-0.25, -0.2) is 0 Å². The van der Waals surface area contributed by atoms with Gasteiger partial charge in [-0.2, -0.15) is 0 Å². The lowest BCUT2D eigenvalue weighted by Crippen LogP contribution is -2.33. The van der Waals surface area contributed by atoms with E-state index >= 15 is 0 Å². The monoisotopic (exact) mass is 238 g/mol. The molecule has 0 heterocycles. The molecule has 4 heteroatoms. The third kappa shape index (κ3) is 3.25. The lowest BCUT2D eigenvalue weighted by Gasteiger charge is -2.18. The lowest BCUT2D eigenvalue weighted by molar-refractivity contribution is 0.0793. The number of carbonyl (C=O) groups is 1. The normalized spacial score (nSPS) is 10.2. The Morgan fingerprint density at radius 1 is 1.44 bits per heavy atom. The smallest absolute Gasteiger partial charge is 0.254 e. The van der Waals surface area contributed by atoms with Crippen LogP contribution in [0.5, 0.6) is 0 Å². The SMILES string of the molecule is CNCCN(C)C(=O)c1ccccc1SC. The van der Waals surface area contributed by atoms with E-state index in [1.54, 1.807) is 16.7 Å². The molecule has 0 radical (unpaired) electrons. The molecule has 0 fully saturated rings. The average Bonchev–Trinajstić information content (AvgIpc) is 2.34. The molecular weight excluding hydrogens is 220 g/mol. The van der Waals surface area contributed by atoms with Gasteiger partial charge in [-0.05, 0) is 25.4 Å². The van der Waals surface area contributed by atoms with E-state index in [0.29, 0.717) is 0 Å².